The van der Waals surface area contributed by atoms with Gasteiger partial charge in [0.2, 0.25) is 5.43 Å². The molecule has 0 spiro atoms. The van der Waals surface area contributed by atoms with Gasteiger partial charge < -0.3 is 14.4 Å². The first-order valence-corrected chi connectivity index (χ1v) is 10.9. The van der Waals surface area contributed by atoms with Gasteiger partial charge in [0.1, 0.15) is 11.4 Å². The van der Waals surface area contributed by atoms with Crippen LogP contribution in [0.4, 0.5) is 10.1 Å². The first kappa shape index (κ1) is 19.3. The lowest BCUT2D eigenvalue weighted by molar-refractivity contribution is 0.0744. The molecule has 1 atom stereocenters. The highest BCUT2D eigenvalue weighted by molar-refractivity contribution is 9.10. The molecule has 2 aromatic carbocycles. The third kappa shape index (κ3) is 3.03. The zero-order valence-electron chi connectivity index (χ0n) is 16.6. The number of benzene rings is 2. The molecule has 0 N–H and O–H groups in total. The van der Waals surface area contributed by atoms with Crippen LogP contribution in [0.25, 0.3) is 10.9 Å². The normalized spacial score (nSPS) is 18.3. The van der Waals surface area contributed by atoms with Gasteiger partial charge in [0, 0.05) is 48.3 Å². The van der Waals surface area contributed by atoms with E-state index in [2.05, 4.69) is 27.4 Å². The van der Waals surface area contributed by atoms with Crippen molar-refractivity contribution in [2.75, 3.05) is 31.1 Å². The van der Waals surface area contributed by atoms with Gasteiger partial charge in [0.05, 0.1) is 11.2 Å². The second-order valence-electron chi connectivity index (χ2n) is 8.02. The SMILES string of the molecule is C[C@@H]1Cc2cc(Br)cc3c(=O)c(C(=O)N4CCN(c5ccccc5F)CC4)cn1c23. The summed E-state index contributed by atoms with van der Waals surface area (Å²) in [6, 6.07) is 10.7. The lowest BCUT2D eigenvalue weighted by atomic mass is 10.1. The van der Waals surface area contributed by atoms with Gasteiger partial charge in [-0.15, -0.1) is 0 Å². The molecule has 0 bridgehead atoms. The Bertz CT molecular complexity index is 1230. The Morgan fingerprint density at radius 2 is 1.87 bits per heavy atom. The number of halogens is 2. The number of rotatable bonds is 2. The van der Waals surface area contributed by atoms with Crippen LogP contribution in [0.15, 0.2) is 51.9 Å². The number of nitrogens with zero attached hydrogens (tertiary/aromatic N) is 3. The Morgan fingerprint density at radius 1 is 1.13 bits per heavy atom. The van der Waals surface area contributed by atoms with Gasteiger partial charge in [-0.3, -0.25) is 9.59 Å². The van der Waals surface area contributed by atoms with Gasteiger partial charge in [-0.1, -0.05) is 28.1 Å². The molecule has 7 heteroatoms. The molecule has 0 radical (unpaired) electrons. The van der Waals surface area contributed by atoms with E-state index < -0.39 is 0 Å². The summed E-state index contributed by atoms with van der Waals surface area (Å²) in [4.78, 5) is 30.1. The Morgan fingerprint density at radius 3 is 2.60 bits per heavy atom. The van der Waals surface area contributed by atoms with Crippen LogP contribution in [0.5, 0.6) is 0 Å². The quantitative estimate of drug-likeness (QED) is 0.570. The van der Waals surface area contributed by atoms with Crippen LogP contribution in [-0.4, -0.2) is 41.6 Å². The number of carbonyl (C=O) groups is 1. The summed E-state index contributed by atoms with van der Waals surface area (Å²) < 4.78 is 17.0. The summed E-state index contributed by atoms with van der Waals surface area (Å²) >= 11 is 3.49. The number of hydrogen-bond donors (Lipinski definition) is 0. The molecule has 5 rings (SSSR count). The maximum Gasteiger partial charge on any atom is 0.259 e. The number of pyridine rings is 1. The van der Waals surface area contributed by atoms with E-state index in [1.807, 2.05) is 23.1 Å². The van der Waals surface area contributed by atoms with Gasteiger partial charge in [0.25, 0.3) is 5.91 Å². The third-order valence-electron chi connectivity index (χ3n) is 6.15. The molecule has 3 aromatic rings. The minimum Gasteiger partial charge on any atom is -0.366 e. The van der Waals surface area contributed by atoms with E-state index in [4.69, 9.17) is 0 Å². The van der Waals surface area contributed by atoms with Crippen LogP contribution in [0.3, 0.4) is 0 Å². The lowest BCUT2D eigenvalue weighted by Gasteiger charge is -2.36. The smallest absolute Gasteiger partial charge is 0.259 e. The van der Waals surface area contributed by atoms with E-state index in [1.165, 1.54) is 6.07 Å². The minimum atomic E-state index is -0.261. The third-order valence-corrected chi connectivity index (χ3v) is 6.61. The van der Waals surface area contributed by atoms with Crippen molar-refractivity contribution in [1.82, 2.24) is 9.47 Å². The van der Waals surface area contributed by atoms with E-state index in [1.54, 1.807) is 23.2 Å². The van der Waals surface area contributed by atoms with Crippen molar-refractivity contribution in [3.8, 4) is 0 Å². The highest BCUT2D eigenvalue weighted by atomic mass is 79.9. The molecule has 0 aliphatic carbocycles. The number of anilines is 1. The number of hydrogen-bond acceptors (Lipinski definition) is 3. The van der Waals surface area contributed by atoms with Crippen molar-refractivity contribution in [2.24, 2.45) is 0 Å². The van der Waals surface area contributed by atoms with Crippen LogP contribution in [0.2, 0.25) is 0 Å². The van der Waals surface area contributed by atoms with Gasteiger partial charge in [0.15, 0.2) is 0 Å². The second-order valence-corrected chi connectivity index (χ2v) is 8.94. The summed E-state index contributed by atoms with van der Waals surface area (Å²) in [6.45, 7) is 4.05. The lowest BCUT2D eigenvalue weighted by Crippen LogP contribution is -2.49. The Hall–Kier alpha value is -2.67. The Labute approximate surface area is 181 Å². The first-order chi connectivity index (χ1) is 14.4. The van der Waals surface area contributed by atoms with Crippen LogP contribution in [-0.2, 0) is 6.42 Å². The van der Waals surface area contributed by atoms with Gasteiger partial charge in [-0.2, -0.15) is 0 Å². The molecule has 0 saturated carbocycles. The molecular weight excluding hydrogens is 449 g/mol. The van der Waals surface area contributed by atoms with E-state index in [9.17, 15) is 14.0 Å². The summed E-state index contributed by atoms with van der Waals surface area (Å²) in [5, 5.41) is 0.583. The second kappa shape index (κ2) is 7.23. The molecule has 154 valence electrons. The molecule has 2 aliphatic rings. The fourth-order valence-electron chi connectivity index (χ4n) is 4.64. The maximum absolute atomic E-state index is 14.1. The van der Waals surface area contributed by atoms with E-state index in [0.717, 1.165) is 22.0 Å². The molecule has 1 fully saturated rings. The van der Waals surface area contributed by atoms with Crippen LogP contribution in [0.1, 0.15) is 28.9 Å². The van der Waals surface area contributed by atoms with Gasteiger partial charge >= 0.3 is 0 Å². The maximum atomic E-state index is 14.1. The van der Waals surface area contributed by atoms with Crippen LogP contribution < -0.4 is 10.3 Å². The number of amides is 1. The van der Waals surface area contributed by atoms with E-state index in [-0.39, 0.29) is 28.8 Å². The predicted octanol–water partition coefficient (Wildman–Crippen LogP) is 3.98. The molecule has 1 saturated heterocycles. The molecular formula is C23H21BrFN3O2. The standard InChI is InChI=1S/C23H21BrFN3O2/c1-14-10-15-11-16(24)12-17-21(15)28(14)13-18(22(17)29)23(30)27-8-6-26(7-9-27)20-5-3-2-4-19(20)25/h2-5,11-14H,6-10H2,1H3/t14-/m1/s1. The highest BCUT2D eigenvalue weighted by Crippen LogP contribution is 2.33. The highest BCUT2D eigenvalue weighted by Gasteiger charge is 2.29. The molecule has 30 heavy (non-hydrogen) atoms. The van der Waals surface area contributed by atoms with E-state index in [0.29, 0.717) is 37.3 Å². The van der Waals surface area contributed by atoms with Gasteiger partial charge in [-0.25, -0.2) is 4.39 Å². The Balaban J connectivity index is 1.45. The molecule has 3 heterocycles. The topological polar surface area (TPSA) is 45.6 Å². The Kier molecular flexibility index (Phi) is 4.65. The molecule has 5 nitrogen and oxygen atoms in total. The summed E-state index contributed by atoms with van der Waals surface area (Å²) in [5.41, 5.74) is 2.59. The van der Waals surface area contributed by atoms with Crippen LogP contribution in [0, 0.1) is 5.82 Å². The molecule has 1 aromatic heterocycles. The van der Waals surface area contributed by atoms with Crippen molar-refractivity contribution in [1.29, 1.82) is 0 Å². The monoisotopic (exact) mass is 469 g/mol. The number of para-hydroxylation sites is 1. The largest absolute Gasteiger partial charge is 0.366 e. The van der Waals surface area contributed by atoms with Crippen LogP contribution >= 0.6 is 15.9 Å². The summed E-state index contributed by atoms with van der Waals surface area (Å²) in [7, 11) is 0. The zero-order chi connectivity index (χ0) is 21.0. The number of piperazine rings is 1. The average molecular weight is 470 g/mol. The minimum absolute atomic E-state index is 0.196. The first-order valence-electron chi connectivity index (χ1n) is 10.1. The zero-order valence-corrected chi connectivity index (χ0v) is 18.2. The van der Waals surface area contributed by atoms with E-state index >= 15 is 0 Å². The van der Waals surface area contributed by atoms with Crippen molar-refractivity contribution in [3.05, 3.63) is 74.2 Å². The molecule has 1 amide bonds. The van der Waals surface area contributed by atoms with Gasteiger partial charge in [-0.05, 0) is 43.2 Å². The predicted molar refractivity (Wildman–Crippen MR) is 119 cm³/mol. The summed E-state index contributed by atoms with van der Waals surface area (Å²) in [5.74, 6) is -0.511. The van der Waals surface area contributed by atoms with Crippen molar-refractivity contribution in [3.63, 3.8) is 0 Å². The number of carbonyl (C=O) groups excluding carboxylic acids is 1. The fourth-order valence-corrected chi connectivity index (χ4v) is 5.15. The van der Waals surface area contributed by atoms with Crippen molar-refractivity contribution in [2.45, 2.75) is 19.4 Å². The number of aromatic nitrogens is 1. The fraction of sp³-hybridized carbons (Fsp3) is 0.304. The van der Waals surface area contributed by atoms with Crippen molar-refractivity contribution >= 4 is 38.4 Å². The summed E-state index contributed by atoms with van der Waals surface area (Å²) in [6.07, 6.45) is 2.57. The average Bonchev–Trinajstić information content (AvgIpc) is 3.05. The molecule has 0 unspecified atom stereocenters. The van der Waals surface area contributed by atoms with Crippen molar-refractivity contribution < 1.29 is 9.18 Å². The molecule has 2 aliphatic heterocycles.